The minimum atomic E-state index is -4.41. The Morgan fingerprint density at radius 2 is 0.620 bits per heavy atom. The molecule has 92 heavy (non-hydrogen) atoms. The van der Waals surface area contributed by atoms with Crippen LogP contribution in [-0.4, -0.2) is 74.9 Å². The number of phosphoric acid groups is 1. The number of unbranched alkanes of at least 4 members (excludes halogenated alkanes) is 27. The molecule has 0 bridgehead atoms. The second kappa shape index (κ2) is 70.9. The van der Waals surface area contributed by atoms with Crippen LogP contribution in [0.5, 0.6) is 0 Å². The summed E-state index contributed by atoms with van der Waals surface area (Å²) in [5, 5.41) is 0. The average molecular weight is 1300 g/mol. The zero-order chi connectivity index (χ0) is 66.9. The van der Waals surface area contributed by atoms with E-state index < -0.39 is 26.5 Å². The number of esters is 2. The highest BCUT2D eigenvalue weighted by molar-refractivity contribution is 7.47. The molecule has 9 nitrogen and oxygen atoms in total. The van der Waals surface area contributed by atoms with Gasteiger partial charge in [0.05, 0.1) is 27.7 Å². The molecular formula is C82H139NO8P+. The topological polar surface area (TPSA) is 108 Å². The van der Waals surface area contributed by atoms with Gasteiger partial charge in [0, 0.05) is 12.8 Å². The van der Waals surface area contributed by atoms with Crippen molar-refractivity contribution < 1.29 is 42.1 Å². The summed E-state index contributed by atoms with van der Waals surface area (Å²) < 4.78 is 34.7. The molecule has 0 radical (unpaired) electrons. The first-order valence-electron chi connectivity index (χ1n) is 37.2. The predicted octanol–water partition coefficient (Wildman–Crippen LogP) is 24.7. The van der Waals surface area contributed by atoms with Gasteiger partial charge in [-0.1, -0.05) is 313 Å². The van der Waals surface area contributed by atoms with Crippen molar-refractivity contribution in [1.29, 1.82) is 0 Å². The van der Waals surface area contributed by atoms with Gasteiger partial charge in [0.15, 0.2) is 6.10 Å². The fourth-order valence-corrected chi connectivity index (χ4v) is 10.6. The summed E-state index contributed by atoms with van der Waals surface area (Å²) in [6, 6.07) is 0. The number of phosphoric ester groups is 1. The van der Waals surface area contributed by atoms with Gasteiger partial charge in [-0.15, -0.1) is 0 Å². The number of hydrogen-bond acceptors (Lipinski definition) is 7. The molecule has 0 aromatic carbocycles. The van der Waals surface area contributed by atoms with Crippen molar-refractivity contribution >= 4 is 19.8 Å². The number of rotatable bonds is 67. The zero-order valence-corrected chi connectivity index (χ0v) is 60.6. The lowest BCUT2D eigenvalue weighted by atomic mass is 10.0. The SMILES string of the molecule is CC/C=C\C/C=C\C/C=C\C/C=C\C/C=C\C/C=C\C/C=C\C/C=C\C/C=C\C/C=C\C/C=C\CCCCCCCCCC(=O)OC(COC(=O)CCCCCCCCCCCCCCCCC/C=C\C/C=C\CCCCCCC)COP(=O)(O)OCC[N+](C)(C)C. The van der Waals surface area contributed by atoms with Gasteiger partial charge in [0.2, 0.25) is 0 Å². The molecule has 2 atom stereocenters. The monoisotopic (exact) mass is 1300 g/mol. The van der Waals surface area contributed by atoms with E-state index in [-0.39, 0.29) is 32.0 Å². The highest BCUT2D eigenvalue weighted by Gasteiger charge is 2.27. The molecule has 0 saturated heterocycles. The number of quaternary nitrogens is 1. The number of hydrogen-bond donors (Lipinski definition) is 1. The van der Waals surface area contributed by atoms with Gasteiger partial charge in [0.1, 0.15) is 19.8 Å². The Hall–Kier alpha value is -4.37. The Bertz CT molecular complexity index is 2110. The Labute approximate surface area is 566 Å². The summed E-state index contributed by atoms with van der Waals surface area (Å²) in [6.45, 7) is 4.30. The van der Waals surface area contributed by atoms with Crippen molar-refractivity contribution in [3.05, 3.63) is 158 Å². The molecule has 0 aliphatic carbocycles. The predicted molar refractivity (Wildman–Crippen MR) is 399 cm³/mol. The van der Waals surface area contributed by atoms with E-state index in [1.54, 1.807) is 0 Å². The third kappa shape index (κ3) is 74.7. The Kier molecular flexibility index (Phi) is 67.6. The van der Waals surface area contributed by atoms with E-state index in [2.05, 4.69) is 172 Å². The second-order valence-corrected chi connectivity index (χ2v) is 27.0. The van der Waals surface area contributed by atoms with Gasteiger partial charge < -0.3 is 18.9 Å². The molecule has 0 spiro atoms. The molecule has 2 unspecified atom stereocenters. The van der Waals surface area contributed by atoms with Gasteiger partial charge in [-0.3, -0.25) is 18.6 Å². The quantitative estimate of drug-likeness (QED) is 0.0211. The van der Waals surface area contributed by atoms with Crippen LogP contribution in [-0.2, 0) is 32.7 Å². The molecule has 0 aromatic rings. The molecule has 524 valence electrons. The van der Waals surface area contributed by atoms with Crippen LogP contribution < -0.4 is 0 Å². The van der Waals surface area contributed by atoms with E-state index in [1.807, 2.05) is 21.1 Å². The number of nitrogens with zero attached hydrogens (tertiary/aromatic N) is 1. The summed E-state index contributed by atoms with van der Waals surface area (Å²) in [6.07, 6.45) is 106. The number of carbonyl (C=O) groups excluding carboxylic acids is 2. The summed E-state index contributed by atoms with van der Waals surface area (Å²) in [4.78, 5) is 35.9. The van der Waals surface area contributed by atoms with Gasteiger partial charge in [-0.2, -0.15) is 0 Å². The smallest absolute Gasteiger partial charge is 0.462 e. The van der Waals surface area contributed by atoms with Crippen molar-refractivity contribution in [1.82, 2.24) is 0 Å². The van der Waals surface area contributed by atoms with E-state index in [9.17, 15) is 19.0 Å². The van der Waals surface area contributed by atoms with Crippen molar-refractivity contribution in [3.63, 3.8) is 0 Å². The van der Waals surface area contributed by atoms with Gasteiger partial charge in [-0.05, 0) is 128 Å². The maximum Gasteiger partial charge on any atom is 0.472 e. The fraction of sp³-hybridized carbons (Fsp3) is 0.659. The molecule has 0 fully saturated rings. The maximum atomic E-state index is 12.9. The molecule has 0 aliphatic heterocycles. The molecular weight excluding hydrogens is 1160 g/mol. The summed E-state index contributed by atoms with van der Waals surface area (Å²) in [5.74, 6) is -0.812. The summed E-state index contributed by atoms with van der Waals surface area (Å²) >= 11 is 0. The zero-order valence-electron chi connectivity index (χ0n) is 59.7. The number of ether oxygens (including phenoxy) is 2. The molecule has 0 saturated carbocycles. The number of carbonyl (C=O) groups is 2. The average Bonchev–Trinajstić information content (AvgIpc) is 2.23. The van der Waals surface area contributed by atoms with E-state index in [0.717, 1.165) is 122 Å². The van der Waals surface area contributed by atoms with Crippen LogP contribution in [0.3, 0.4) is 0 Å². The van der Waals surface area contributed by atoms with Crippen LogP contribution in [0.2, 0.25) is 0 Å². The molecule has 0 aliphatic rings. The Balaban J connectivity index is 4.11. The van der Waals surface area contributed by atoms with Gasteiger partial charge in [-0.25, -0.2) is 4.57 Å². The van der Waals surface area contributed by atoms with Crippen molar-refractivity contribution in [3.8, 4) is 0 Å². The first-order valence-corrected chi connectivity index (χ1v) is 38.7. The number of likely N-dealkylation sites (N-methyl/N-ethyl adjacent to an activating group) is 1. The van der Waals surface area contributed by atoms with Crippen LogP contribution in [0.1, 0.15) is 296 Å². The van der Waals surface area contributed by atoms with Crippen LogP contribution in [0.15, 0.2) is 158 Å². The number of allylic oxidation sites excluding steroid dienone is 26. The molecule has 10 heteroatoms. The second-order valence-electron chi connectivity index (χ2n) is 25.6. The fourth-order valence-electron chi connectivity index (χ4n) is 9.88. The van der Waals surface area contributed by atoms with Crippen LogP contribution in [0.4, 0.5) is 0 Å². The van der Waals surface area contributed by atoms with Crippen LogP contribution >= 0.6 is 7.82 Å². The molecule has 0 heterocycles. The van der Waals surface area contributed by atoms with Crippen LogP contribution in [0.25, 0.3) is 0 Å². The van der Waals surface area contributed by atoms with E-state index >= 15 is 0 Å². The van der Waals surface area contributed by atoms with Crippen molar-refractivity contribution in [2.75, 3.05) is 47.5 Å². The lowest BCUT2D eigenvalue weighted by molar-refractivity contribution is -0.870. The Morgan fingerprint density at radius 1 is 0.348 bits per heavy atom. The summed E-state index contributed by atoms with van der Waals surface area (Å²) in [5.41, 5.74) is 0. The van der Waals surface area contributed by atoms with Crippen molar-refractivity contribution in [2.24, 2.45) is 0 Å². The van der Waals surface area contributed by atoms with E-state index in [1.165, 1.54) is 141 Å². The normalized spacial score (nSPS) is 14.0. The summed E-state index contributed by atoms with van der Waals surface area (Å²) in [7, 11) is 1.46. The maximum absolute atomic E-state index is 12.9. The highest BCUT2D eigenvalue weighted by Crippen LogP contribution is 2.43. The van der Waals surface area contributed by atoms with Crippen molar-refractivity contribution in [2.45, 2.75) is 302 Å². The molecule has 1 N–H and O–H groups in total. The lowest BCUT2D eigenvalue weighted by Crippen LogP contribution is -2.37. The molecule has 0 rings (SSSR count). The third-order valence-corrected chi connectivity index (χ3v) is 16.5. The minimum Gasteiger partial charge on any atom is -0.462 e. The third-order valence-electron chi connectivity index (χ3n) is 15.5. The van der Waals surface area contributed by atoms with Gasteiger partial charge >= 0.3 is 19.8 Å². The highest BCUT2D eigenvalue weighted by atomic mass is 31.2. The first kappa shape index (κ1) is 87.6. The minimum absolute atomic E-state index is 0.0226. The van der Waals surface area contributed by atoms with Gasteiger partial charge in [0.25, 0.3) is 0 Å². The molecule has 0 aromatic heterocycles. The van der Waals surface area contributed by atoms with E-state index in [0.29, 0.717) is 17.4 Å². The first-order chi connectivity index (χ1) is 45.0. The van der Waals surface area contributed by atoms with Crippen LogP contribution in [0, 0.1) is 0 Å². The standard InChI is InChI=1S/C82H138NO8P/c1-6-8-10-12-14-16-18-20-22-24-26-28-30-32-34-35-36-37-38-39-40-41-42-43-44-45-46-47-49-51-53-55-57-59-61-63-65-67-69-71-73-75-82(85)91-80(79-90-92(86,87)89-77-76-83(3,4)5)78-88-81(84)74-72-70-68-66-64-62-60-58-56-54-52-50-48-33-31-29-27-25-23-21-19-17-15-13-11-9-7-2/h8,10,14,16,19-22,25-28,32,34,36-37,39-40,42-43,45-46,49,51,55,57,80H,6-7,9,11-13,15,17-18,23-24,29-31,33,35,38,41,44,47-48,50,52-54,56,58-79H2,1-5H3/p+1/b10-8-,16-14-,21-19-,22-20-,27-25-,28-26-,34-32-,37-36-,40-39-,43-42-,46-45-,51-49-,57-55-. The lowest BCUT2D eigenvalue weighted by Gasteiger charge is -2.24. The Morgan fingerprint density at radius 3 is 0.924 bits per heavy atom. The largest absolute Gasteiger partial charge is 0.472 e. The van der Waals surface area contributed by atoms with E-state index in [4.69, 9.17) is 18.5 Å². The molecule has 0 amide bonds.